The van der Waals surface area contributed by atoms with E-state index >= 15 is 0 Å². The smallest absolute Gasteiger partial charge is 0.178 e. The molecule has 0 aromatic heterocycles. The van der Waals surface area contributed by atoms with Crippen molar-refractivity contribution in [3.05, 3.63) is 143 Å². The molecule has 0 fully saturated rings. The quantitative estimate of drug-likeness (QED) is 0.219. The Bertz CT molecular complexity index is 1570. The van der Waals surface area contributed by atoms with E-state index in [0.717, 1.165) is 40.4 Å². The normalized spacial score (nSPS) is 14.3. The molecule has 1 heterocycles. The Morgan fingerprint density at radius 1 is 0.718 bits per heavy atom. The summed E-state index contributed by atoms with van der Waals surface area (Å²) < 4.78 is 17.8. The molecule has 39 heavy (non-hydrogen) atoms. The molecule has 3 nitrogen and oxygen atoms in total. The number of ether oxygens (including phenoxy) is 3. The summed E-state index contributed by atoms with van der Waals surface area (Å²) in [6, 6.07) is 38.0. The zero-order valence-corrected chi connectivity index (χ0v) is 22.6. The zero-order valence-electron chi connectivity index (χ0n) is 22.6. The largest absolute Gasteiger partial charge is 0.497 e. The van der Waals surface area contributed by atoms with E-state index in [1.807, 2.05) is 24.3 Å². The molecule has 0 spiro atoms. The molecule has 0 radical (unpaired) electrons. The van der Waals surface area contributed by atoms with Gasteiger partial charge in [-0.2, -0.15) is 0 Å². The third-order valence-electron chi connectivity index (χ3n) is 7.79. The van der Waals surface area contributed by atoms with Gasteiger partial charge in [0.15, 0.2) is 5.60 Å². The lowest BCUT2D eigenvalue weighted by Crippen LogP contribution is -2.34. The number of fused-ring (bicyclic) bond motifs is 3. The third-order valence-corrected chi connectivity index (χ3v) is 7.79. The van der Waals surface area contributed by atoms with Crippen LogP contribution in [0.5, 0.6) is 17.2 Å². The van der Waals surface area contributed by atoms with Gasteiger partial charge in [-0.15, -0.1) is 0 Å². The first-order chi connectivity index (χ1) is 19.1. The first-order valence-electron chi connectivity index (χ1n) is 13.4. The van der Waals surface area contributed by atoms with Crippen molar-refractivity contribution in [1.82, 2.24) is 0 Å². The van der Waals surface area contributed by atoms with Crippen LogP contribution >= 0.6 is 0 Å². The number of hydrogen-bond acceptors (Lipinski definition) is 3. The molecule has 1 aliphatic heterocycles. The molecule has 1 aliphatic rings. The van der Waals surface area contributed by atoms with Crippen LogP contribution < -0.4 is 14.2 Å². The fraction of sp³-hybridized carbons (Fsp3) is 0.167. The molecule has 6 rings (SSSR count). The molecular formula is C36H32O3. The van der Waals surface area contributed by atoms with E-state index in [9.17, 15) is 0 Å². The fourth-order valence-corrected chi connectivity index (χ4v) is 5.57. The average molecular weight is 513 g/mol. The molecule has 1 unspecified atom stereocenters. The standard InChI is InChI=1S/C36H32O3/c1-25(23-26-7-5-4-6-8-26)27-9-19-33-28(24-27)10-20-35-34(33)21-22-36(39-35,29-11-15-31(37-2)16-12-29)30-13-17-32(38-3)18-14-30/h4-22,24-25H,23H2,1-3H3. The molecule has 0 N–H and O–H groups in total. The predicted octanol–water partition coefficient (Wildman–Crippen LogP) is 8.55. The predicted molar refractivity (Wildman–Crippen MR) is 159 cm³/mol. The highest BCUT2D eigenvalue weighted by molar-refractivity contribution is 5.94. The number of rotatable bonds is 7. The Morgan fingerprint density at radius 3 is 1.97 bits per heavy atom. The Balaban J connectivity index is 1.39. The van der Waals surface area contributed by atoms with Crippen molar-refractivity contribution in [2.24, 2.45) is 0 Å². The highest BCUT2D eigenvalue weighted by Gasteiger charge is 2.37. The van der Waals surface area contributed by atoms with Crippen LogP contribution in [0.3, 0.4) is 0 Å². The van der Waals surface area contributed by atoms with Crippen molar-refractivity contribution in [3.63, 3.8) is 0 Å². The maximum Gasteiger partial charge on any atom is 0.178 e. The van der Waals surface area contributed by atoms with Gasteiger partial charge in [0.2, 0.25) is 0 Å². The van der Waals surface area contributed by atoms with Gasteiger partial charge >= 0.3 is 0 Å². The highest BCUT2D eigenvalue weighted by atomic mass is 16.5. The van der Waals surface area contributed by atoms with E-state index in [1.54, 1.807) is 14.2 Å². The summed E-state index contributed by atoms with van der Waals surface area (Å²) in [7, 11) is 3.36. The first-order valence-corrected chi connectivity index (χ1v) is 13.4. The van der Waals surface area contributed by atoms with Gasteiger partial charge in [-0.3, -0.25) is 0 Å². The van der Waals surface area contributed by atoms with Crippen LogP contribution in [0.15, 0.2) is 115 Å². The van der Waals surface area contributed by atoms with Gasteiger partial charge in [-0.05, 0) is 76.7 Å². The molecule has 0 bridgehead atoms. The maximum atomic E-state index is 6.94. The molecule has 0 amide bonds. The Hall–Kier alpha value is -4.50. The van der Waals surface area contributed by atoms with E-state index in [0.29, 0.717) is 5.92 Å². The van der Waals surface area contributed by atoms with Crippen LogP contribution in [0.2, 0.25) is 0 Å². The van der Waals surface area contributed by atoms with Crippen LogP contribution in [-0.4, -0.2) is 14.2 Å². The van der Waals surface area contributed by atoms with Gasteiger partial charge in [0.25, 0.3) is 0 Å². The van der Waals surface area contributed by atoms with E-state index in [1.165, 1.54) is 21.9 Å². The van der Waals surface area contributed by atoms with Crippen molar-refractivity contribution in [1.29, 1.82) is 0 Å². The lowest BCUT2D eigenvalue weighted by Gasteiger charge is -2.36. The van der Waals surface area contributed by atoms with Gasteiger partial charge < -0.3 is 14.2 Å². The summed E-state index contributed by atoms with van der Waals surface area (Å²) in [5, 5.41) is 2.42. The van der Waals surface area contributed by atoms with E-state index in [2.05, 4.69) is 104 Å². The summed E-state index contributed by atoms with van der Waals surface area (Å²) >= 11 is 0. The van der Waals surface area contributed by atoms with E-state index < -0.39 is 5.60 Å². The van der Waals surface area contributed by atoms with Crippen molar-refractivity contribution in [3.8, 4) is 17.2 Å². The van der Waals surface area contributed by atoms with Crippen molar-refractivity contribution in [2.75, 3.05) is 14.2 Å². The molecule has 1 atom stereocenters. The second kappa shape index (κ2) is 10.3. The average Bonchev–Trinajstić information content (AvgIpc) is 3.01. The minimum Gasteiger partial charge on any atom is -0.497 e. The van der Waals surface area contributed by atoms with Crippen LogP contribution in [0, 0.1) is 0 Å². The SMILES string of the molecule is COc1ccc(C2(c3ccc(OC)cc3)C=Cc3c(ccc4cc(C(C)Cc5ccccc5)ccc34)O2)cc1. The lowest BCUT2D eigenvalue weighted by molar-refractivity contribution is 0.161. The first kappa shape index (κ1) is 24.8. The second-order valence-electron chi connectivity index (χ2n) is 10.2. The van der Waals surface area contributed by atoms with Crippen molar-refractivity contribution < 1.29 is 14.2 Å². The van der Waals surface area contributed by atoms with E-state index in [-0.39, 0.29) is 0 Å². The molecule has 0 aliphatic carbocycles. The summed E-state index contributed by atoms with van der Waals surface area (Å²) in [5.74, 6) is 2.92. The second-order valence-corrected chi connectivity index (χ2v) is 10.2. The fourth-order valence-electron chi connectivity index (χ4n) is 5.57. The summed E-state index contributed by atoms with van der Waals surface area (Å²) in [4.78, 5) is 0. The number of methoxy groups -OCH3 is 2. The van der Waals surface area contributed by atoms with Gasteiger partial charge in [0.1, 0.15) is 17.2 Å². The molecular weight excluding hydrogens is 480 g/mol. The minimum absolute atomic E-state index is 0.428. The van der Waals surface area contributed by atoms with Gasteiger partial charge in [0, 0.05) is 16.7 Å². The van der Waals surface area contributed by atoms with Crippen LogP contribution in [0.1, 0.15) is 40.7 Å². The Labute approximate surface area is 230 Å². The summed E-state index contributed by atoms with van der Waals surface area (Å²) in [6.07, 6.45) is 5.40. The highest BCUT2D eigenvalue weighted by Crippen LogP contribution is 2.45. The topological polar surface area (TPSA) is 27.7 Å². The van der Waals surface area contributed by atoms with Gasteiger partial charge in [-0.1, -0.05) is 85.8 Å². The monoisotopic (exact) mass is 512 g/mol. The summed E-state index contributed by atoms with van der Waals surface area (Å²) in [6.45, 7) is 2.30. The van der Waals surface area contributed by atoms with Crippen molar-refractivity contribution in [2.45, 2.75) is 24.9 Å². The Morgan fingerprint density at radius 2 is 1.36 bits per heavy atom. The van der Waals surface area contributed by atoms with E-state index in [4.69, 9.17) is 14.2 Å². The number of hydrogen-bond donors (Lipinski definition) is 0. The van der Waals surface area contributed by atoms with Crippen LogP contribution in [0.25, 0.3) is 16.8 Å². The third kappa shape index (κ3) is 4.66. The molecule has 0 saturated heterocycles. The zero-order chi connectivity index (χ0) is 26.8. The molecule has 3 heteroatoms. The lowest BCUT2D eigenvalue weighted by atomic mass is 9.83. The van der Waals surface area contributed by atoms with Crippen LogP contribution in [-0.2, 0) is 12.0 Å². The molecule has 5 aromatic carbocycles. The molecule has 0 saturated carbocycles. The maximum absolute atomic E-state index is 6.94. The van der Waals surface area contributed by atoms with Gasteiger partial charge in [0.05, 0.1) is 14.2 Å². The van der Waals surface area contributed by atoms with Crippen LogP contribution in [0.4, 0.5) is 0 Å². The molecule has 5 aromatic rings. The number of benzene rings is 5. The Kier molecular flexibility index (Phi) is 6.58. The van der Waals surface area contributed by atoms with Crippen molar-refractivity contribution >= 4 is 16.8 Å². The van der Waals surface area contributed by atoms with Gasteiger partial charge in [-0.25, -0.2) is 0 Å². The minimum atomic E-state index is -0.774. The summed E-state index contributed by atoms with van der Waals surface area (Å²) in [5.41, 5.74) is 5.09. The molecule has 194 valence electrons.